The van der Waals surface area contributed by atoms with Gasteiger partial charge < -0.3 is 14.2 Å². The smallest absolute Gasteiger partial charge is 0.422 e. The lowest BCUT2D eigenvalue weighted by Crippen LogP contribution is -2.20. The highest BCUT2D eigenvalue weighted by atomic mass is 79.9. The minimum Gasteiger partial charge on any atom is -0.488 e. The van der Waals surface area contributed by atoms with Gasteiger partial charge >= 0.3 is 12.3 Å². The number of hydrogen-bond acceptors (Lipinski definition) is 6. The Labute approximate surface area is 250 Å². The van der Waals surface area contributed by atoms with Crippen LogP contribution in [-0.2, 0) is 6.42 Å². The molecule has 0 aliphatic heterocycles. The van der Waals surface area contributed by atoms with Crippen molar-refractivity contribution in [1.29, 1.82) is 0 Å². The van der Waals surface area contributed by atoms with Gasteiger partial charge in [0, 0.05) is 16.0 Å². The molecule has 5 nitrogen and oxygen atoms in total. The van der Waals surface area contributed by atoms with Crippen LogP contribution >= 0.6 is 55.0 Å². The summed E-state index contributed by atoms with van der Waals surface area (Å²) in [5, 5.41) is 8.30. The van der Waals surface area contributed by atoms with Gasteiger partial charge in [-0.1, -0.05) is 57.0 Å². The van der Waals surface area contributed by atoms with Crippen LogP contribution in [-0.4, -0.2) is 40.9 Å². The van der Waals surface area contributed by atoms with Crippen molar-refractivity contribution in [2.75, 3.05) is 24.3 Å². The first-order valence-corrected chi connectivity index (χ1v) is 15.5. The number of carbonyl (C=O) groups is 1. The van der Waals surface area contributed by atoms with Gasteiger partial charge in [-0.05, 0) is 64.7 Å². The number of aryl methyl sites for hydroxylation is 1. The molecule has 0 aliphatic rings. The Morgan fingerprint density at radius 1 is 1.10 bits per heavy atom. The first kappa shape index (κ1) is 31.4. The van der Waals surface area contributed by atoms with E-state index in [9.17, 15) is 18.0 Å². The number of thiophene rings is 1. The molecule has 0 bridgehead atoms. The number of halogens is 5. The summed E-state index contributed by atoms with van der Waals surface area (Å²) >= 11 is 10.2. The first-order valence-electron chi connectivity index (χ1n) is 11.7. The average Bonchev–Trinajstić information content (AvgIpc) is 3.40. The number of amides is 1. The molecule has 0 saturated heterocycles. The van der Waals surface area contributed by atoms with E-state index in [0.717, 1.165) is 23.3 Å². The molecule has 39 heavy (non-hydrogen) atoms. The molecular weight excluding hydrogens is 683 g/mol. The second-order valence-electron chi connectivity index (χ2n) is 8.21. The molecule has 2 unspecified atom stereocenters. The Morgan fingerprint density at radius 2 is 1.87 bits per heavy atom. The molecule has 1 N–H and O–H groups in total. The highest BCUT2D eigenvalue weighted by Gasteiger charge is 2.28. The van der Waals surface area contributed by atoms with Crippen LogP contribution in [0.5, 0.6) is 17.2 Å². The van der Waals surface area contributed by atoms with Crippen molar-refractivity contribution in [2.24, 2.45) is 0 Å². The zero-order chi connectivity index (χ0) is 28.3. The normalized spacial score (nSPS) is 13.2. The van der Waals surface area contributed by atoms with Gasteiger partial charge in [0.2, 0.25) is 0 Å². The lowest BCUT2D eigenvalue weighted by Gasteiger charge is -2.16. The molecule has 0 saturated carbocycles. The summed E-state index contributed by atoms with van der Waals surface area (Å²) in [7, 11) is 0. The topological polar surface area (TPSA) is 56.8 Å². The molecule has 1 amide bonds. The van der Waals surface area contributed by atoms with Crippen LogP contribution in [0.1, 0.15) is 18.1 Å². The van der Waals surface area contributed by atoms with Crippen LogP contribution in [0, 0.1) is 0 Å². The molecule has 2 atom stereocenters. The number of nitrogens with one attached hydrogen (secondary N) is 1. The quantitative estimate of drug-likeness (QED) is 0.142. The van der Waals surface area contributed by atoms with Crippen molar-refractivity contribution in [1.82, 2.24) is 0 Å². The fourth-order valence-corrected chi connectivity index (χ4v) is 4.61. The van der Waals surface area contributed by atoms with Crippen LogP contribution in [0.3, 0.4) is 0 Å². The number of alkyl halides is 5. The molecule has 0 radical (unpaired) electrons. The molecule has 0 fully saturated rings. The Balaban J connectivity index is 1.55. The highest BCUT2D eigenvalue weighted by molar-refractivity contribution is 9.12. The van der Waals surface area contributed by atoms with Crippen molar-refractivity contribution in [3.8, 4) is 17.2 Å². The van der Waals surface area contributed by atoms with Gasteiger partial charge in [0.05, 0.1) is 10.5 Å². The number of rotatable bonds is 13. The lowest BCUT2D eigenvalue weighted by molar-refractivity contribution is -0.153. The third-order valence-electron chi connectivity index (χ3n) is 5.03. The minimum atomic E-state index is -4.36. The van der Waals surface area contributed by atoms with Gasteiger partial charge in [-0.2, -0.15) is 24.5 Å². The molecule has 0 aliphatic carbocycles. The summed E-state index contributed by atoms with van der Waals surface area (Å²) in [4.78, 5) is 12.6. The summed E-state index contributed by atoms with van der Waals surface area (Å²) in [5.74, 6) is 1.71. The van der Waals surface area contributed by atoms with Crippen LogP contribution in [0.2, 0.25) is 0 Å². The zero-order valence-electron chi connectivity index (χ0n) is 20.8. The average molecular weight is 709 g/mol. The van der Waals surface area contributed by atoms with Crippen LogP contribution in [0.15, 0.2) is 64.7 Å². The molecule has 1 heterocycles. The Hall–Kier alpha value is -2.15. The van der Waals surface area contributed by atoms with Gasteiger partial charge in [0.15, 0.2) is 18.1 Å². The van der Waals surface area contributed by atoms with E-state index >= 15 is 0 Å². The van der Waals surface area contributed by atoms with E-state index in [4.69, 9.17) is 14.2 Å². The van der Waals surface area contributed by atoms with Gasteiger partial charge in [-0.15, -0.1) is 11.8 Å². The van der Waals surface area contributed by atoms with Crippen molar-refractivity contribution in [2.45, 2.75) is 29.2 Å². The number of ether oxygens (including phenoxy) is 3. The lowest BCUT2D eigenvalue weighted by atomic mass is 10.2. The third-order valence-corrected chi connectivity index (χ3v) is 8.88. The van der Waals surface area contributed by atoms with Crippen molar-refractivity contribution in [3.05, 3.63) is 75.8 Å². The Morgan fingerprint density at radius 3 is 2.54 bits per heavy atom. The maximum absolute atomic E-state index is 12.3. The maximum atomic E-state index is 12.3. The van der Waals surface area contributed by atoms with E-state index in [1.807, 2.05) is 35.9 Å². The van der Waals surface area contributed by atoms with E-state index in [0.29, 0.717) is 23.8 Å². The summed E-state index contributed by atoms with van der Waals surface area (Å²) in [6.07, 6.45) is -2.30. The fourth-order valence-electron chi connectivity index (χ4n) is 3.00. The monoisotopic (exact) mass is 707 g/mol. The predicted octanol–water partition coefficient (Wildman–Crippen LogP) is 9.17. The van der Waals surface area contributed by atoms with E-state index in [1.54, 1.807) is 53.5 Å². The highest BCUT2D eigenvalue weighted by Crippen LogP contribution is 2.31. The van der Waals surface area contributed by atoms with E-state index in [-0.39, 0.29) is 15.4 Å². The second-order valence-corrected chi connectivity index (χ2v) is 12.6. The molecule has 0 spiro atoms. The number of hydrogen-bond donors (Lipinski definition) is 1. The summed E-state index contributed by atoms with van der Waals surface area (Å²) in [6, 6.07) is 13.7. The van der Waals surface area contributed by atoms with Crippen LogP contribution in [0.25, 0.3) is 6.08 Å². The zero-order valence-corrected chi connectivity index (χ0v) is 25.6. The van der Waals surface area contributed by atoms with Crippen LogP contribution < -0.4 is 19.5 Å². The molecule has 3 aromatic rings. The van der Waals surface area contributed by atoms with Crippen LogP contribution in [0.4, 0.5) is 23.7 Å². The number of thioether (sulfide) groups is 1. The van der Waals surface area contributed by atoms with Gasteiger partial charge in [-0.25, -0.2) is 4.79 Å². The van der Waals surface area contributed by atoms with Gasteiger partial charge in [0.1, 0.15) is 12.4 Å². The van der Waals surface area contributed by atoms with Crippen molar-refractivity contribution < 1.29 is 32.2 Å². The van der Waals surface area contributed by atoms with E-state index < -0.39 is 18.9 Å². The fraction of sp³-hybridized carbons (Fsp3) is 0.296. The number of benzene rings is 2. The molecule has 3 rings (SSSR count). The molecule has 12 heteroatoms. The molecule has 1 aromatic heterocycles. The SMILES string of the molecule is CC(Br)C(Br)COc1cc(/C=C/SCCc2ccc(OCC(F)(F)F)cc2)ccc1OC(=O)Nc1ccsc1. The van der Waals surface area contributed by atoms with Crippen molar-refractivity contribution in [3.63, 3.8) is 0 Å². The largest absolute Gasteiger partial charge is 0.488 e. The van der Waals surface area contributed by atoms with Gasteiger partial charge in [-0.3, -0.25) is 5.32 Å². The maximum Gasteiger partial charge on any atom is 0.422 e. The predicted molar refractivity (Wildman–Crippen MR) is 160 cm³/mol. The summed E-state index contributed by atoms with van der Waals surface area (Å²) < 4.78 is 53.0. The number of anilines is 1. The standard InChI is InChI=1S/C27H26Br2F3NO4S2/c1-18(28)23(29)15-35-25-14-20(4-7-24(25)37-26(34)33-21-10-13-39-16-21)9-12-38-11-8-19-2-5-22(6-3-19)36-17-27(30,31)32/h2-7,9-10,12-14,16,18,23H,8,11,15,17H2,1H3,(H,33,34)/b12-9+. The Kier molecular flexibility index (Phi) is 12.5. The molecule has 2 aromatic carbocycles. The summed E-state index contributed by atoms with van der Waals surface area (Å²) in [6.45, 7) is 1.05. The number of carbonyl (C=O) groups excluding carboxylic acids is 1. The Bertz CT molecular complexity index is 1210. The first-order chi connectivity index (χ1) is 18.6. The third kappa shape index (κ3) is 11.9. The second kappa shape index (κ2) is 15.6. The summed E-state index contributed by atoms with van der Waals surface area (Å²) in [5.41, 5.74) is 2.52. The van der Waals surface area contributed by atoms with Crippen molar-refractivity contribution >= 4 is 72.8 Å². The molecular formula is C27H26Br2F3NO4S2. The van der Waals surface area contributed by atoms with Gasteiger partial charge in [0.25, 0.3) is 0 Å². The van der Waals surface area contributed by atoms with E-state index in [2.05, 4.69) is 37.2 Å². The van der Waals surface area contributed by atoms with E-state index in [1.165, 1.54) is 11.3 Å². The molecule has 210 valence electrons. The minimum absolute atomic E-state index is 0.0463.